The summed E-state index contributed by atoms with van der Waals surface area (Å²) in [5, 5.41) is 0. The van der Waals surface area contributed by atoms with Gasteiger partial charge in [-0.05, 0) is 12.8 Å². The van der Waals surface area contributed by atoms with Crippen molar-refractivity contribution in [1.82, 2.24) is 0 Å². The van der Waals surface area contributed by atoms with Crippen molar-refractivity contribution in [2.24, 2.45) is 0 Å². The Morgan fingerprint density at radius 1 is 0.483 bits per heavy atom. The molecule has 0 heterocycles. The molecule has 0 aromatic carbocycles. The van der Waals surface area contributed by atoms with Crippen LogP contribution in [0, 0.1) is 0 Å². The summed E-state index contributed by atoms with van der Waals surface area (Å²) in [5.74, 6) is -0.00172. The Balaban J connectivity index is -0.000000264. The lowest BCUT2D eigenvalue weighted by Gasteiger charge is -2.04. The van der Waals surface area contributed by atoms with Crippen molar-refractivity contribution < 1.29 is 9.53 Å². The molecule has 0 aromatic heterocycles. The van der Waals surface area contributed by atoms with E-state index in [-0.39, 0.29) is 68.0 Å². The molecule has 2 nitrogen and oxygen atoms in total. The lowest BCUT2D eigenvalue weighted by molar-refractivity contribution is -0.143. The lowest BCUT2D eigenvalue weighted by Crippen LogP contribution is -2.05. The van der Waals surface area contributed by atoms with E-state index >= 15 is 0 Å². The molecule has 29 heavy (non-hydrogen) atoms. The highest BCUT2D eigenvalue weighted by Gasteiger charge is 2.01. The second kappa shape index (κ2) is 39.4. The summed E-state index contributed by atoms with van der Waals surface area (Å²) in [6.07, 6.45) is 23.1. The summed E-state index contributed by atoms with van der Waals surface area (Å²) >= 11 is 0. The molecule has 0 aromatic rings. The van der Waals surface area contributed by atoms with Crippen LogP contribution >= 0.6 is 62.0 Å². The van der Waals surface area contributed by atoms with E-state index in [0.717, 1.165) is 19.3 Å². The summed E-state index contributed by atoms with van der Waals surface area (Å²) in [6, 6.07) is 0. The highest BCUT2D eigenvalue weighted by atomic mass is 35.5. The molecule has 0 saturated carbocycles. The third-order valence-electron chi connectivity index (χ3n) is 4.75. The molecule has 0 fully saturated rings. The normalized spacial score (nSPS) is 9.03. The van der Waals surface area contributed by atoms with E-state index in [9.17, 15) is 4.79 Å². The van der Waals surface area contributed by atoms with Crippen molar-refractivity contribution >= 4 is 68.0 Å². The van der Waals surface area contributed by atoms with Gasteiger partial charge in [0.15, 0.2) is 0 Å². The topological polar surface area (TPSA) is 26.3 Å². The minimum atomic E-state index is -0.00172. The average molecular weight is 523 g/mol. The molecule has 0 radical (unpaired) electrons. The SMILES string of the molecule is CCCCCCCCCCCCCCCCCC(=O)OCCCC.Cl.Cl.Cl.Cl.Cl. The second-order valence-corrected chi connectivity index (χ2v) is 7.27. The molecule has 0 N–H and O–H groups in total. The van der Waals surface area contributed by atoms with Gasteiger partial charge in [0.05, 0.1) is 6.61 Å². The predicted octanol–water partition coefficient (Wildman–Crippen LogP) is 9.70. The van der Waals surface area contributed by atoms with Crippen molar-refractivity contribution in [1.29, 1.82) is 0 Å². The second-order valence-electron chi connectivity index (χ2n) is 7.27. The maximum absolute atomic E-state index is 11.4. The molecule has 0 aliphatic heterocycles. The Morgan fingerprint density at radius 2 is 0.793 bits per heavy atom. The van der Waals surface area contributed by atoms with Crippen molar-refractivity contribution in [2.75, 3.05) is 6.61 Å². The Kier molecular flexibility index (Phi) is 59.4. The molecule has 184 valence electrons. The van der Waals surface area contributed by atoms with Crippen LogP contribution in [0.15, 0.2) is 0 Å². The summed E-state index contributed by atoms with van der Waals surface area (Å²) in [7, 11) is 0. The Hall–Kier alpha value is 0.920. The van der Waals surface area contributed by atoms with Gasteiger partial charge >= 0.3 is 5.97 Å². The number of ether oxygens (including phenoxy) is 1. The molecule has 0 saturated heterocycles. The summed E-state index contributed by atoms with van der Waals surface area (Å²) in [6.45, 7) is 5.00. The van der Waals surface area contributed by atoms with Gasteiger partial charge in [-0.15, -0.1) is 62.0 Å². The number of carbonyl (C=O) groups is 1. The van der Waals surface area contributed by atoms with E-state index in [1.54, 1.807) is 0 Å². The van der Waals surface area contributed by atoms with Gasteiger partial charge in [0.25, 0.3) is 0 Å². The minimum Gasteiger partial charge on any atom is -0.466 e. The quantitative estimate of drug-likeness (QED) is 0.125. The monoisotopic (exact) mass is 520 g/mol. The highest BCUT2D eigenvalue weighted by molar-refractivity contribution is 5.86. The zero-order valence-corrected chi connectivity index (χ0v) is 22.9. The van der Waals surface area contributed by atoms with Gasteiger partial charge in [-0.3, -0.25) is 4.79 Å². The maximum atomic E-state index is 11.4. The van der Waals surface area contributed by atoms with Crippen LogP contribution < -0.4 is 0 Å². The largest absolute Gasteiger partial charge is 0.466 e. The van der Waals surface area contributed by atoms with Crippen molar-refractivity contribution in [3.8, 4) is 0 Å². The van der Waals surface area contributed by atoms with Crippen LogP contribution in [0.3, 0.4) is 0 Å². The first kappa shape index (κ1) is 43.7. The van der Waals surface area contributed by atoms with Gasteiger partial charge in [0.1, 0.15) is 0 Å². The number of carbonyl (C=O) groups excluding carboxylic acids is 1. The number of hydrogen-bond donors (Lipinski definition) is 0. The Labute approximate surface area is 212 Å². The number of hydrogen-bond acceptors (Lipinski definition) is 2. The predicted molar refractivity (Wildman–Crippen MR) is 142 cm³/mol. The first-order chi connectivity index (χ1) is 11.8. The third kappa shape index (κ3) is 39.9. The van der Waals surface area contributed by atoms with E-state index in [1.807, 2.05) is 0 Å². The fourth-order valence-electron chi connectivity index (χ4n) is 3.04. The molecular formula is C22H49Cl5O2. The van der Waals surface area contributed by atoms with Crippen LogP contribution in [-0.2, 0) is 9.53 Å². The van der Waals surface area contributed by atoms with E-state index < -0.39 is 0 Å². The first-order valence-electron chi connectivity index (χ1n) is 11.0. The van der Waals surface area contributed by atoms with Gasteiger partial charge in [0.2, 0.25) is 0 Å². The fraction of sp³-hybridized carbons (Fsp3) is 0.955. The molecule has 0 aliphatic rings. The Bertz CT molecular complexity index is 270. The van der Waals surface area contributed by atoms with E-state index in [2.05, 4.69) is 13.8 Å². The molecular weight excluding hydrogens is 474 g/mol. The van der Waals surface area contributed by atoms with Crippen molar-refractivity contribution in [2.45, 2.75) is 129 Å². The molecule has 0 amide bonds. The molecule has 0 atom stereocenters. The maximum Gasteiger partial charge on any atom is 0.305 e. The number of unbranched alkanes of at least 4 members (excludes halogenated alkanes) is 15. The molecule has 0 spiro atoms. The van der Waals surface area contributed by atoms with Crippen LogP contribution in [0.4, 0.5) is 0 Å². The van der Waals surface area contributed by atoms with E-state index in [4.69, 9.17) is 4.74 Å². The first-order valence-corrected chi connectivity index (χ1v) is 11.0. The molecule has 0 bridgehead atoms. The Morgan fingerprint density at radius 3 is 1.14 bits per heavy atom. The molecule has 0 rings (SSSR count). The third-order valence-corrected chi connectivity index (χ3v) is 4.75. The molecule has 7 heteroatoms. The van der Waals surface area contributed by atoms with E-state index in [0.29, 0.717) is 13.0 Å². The highest BCUT2D eigenvalue weighted by Crippen LogP contribution is 2.13. The fourth-order valence-corrected chi connectivity index (χ4v) is 3.04. The van der Waals surface area contributed by atoms with E-state index in [1.165, 1.54) is 89.9 Å². The van der Waals surface area contributed by atoms with Gasteiger partial charge in [-0.25, -0.2) is 0 Å². The average Bonchev–Trinajstić information content (AvgIpc) is 2.58. The summed E-state index contributed by atoms with van der Waals surface area (Å²) in [5.41, 5.74) is 0. The standard InChI is InChI=1S/C22H44O2.5ClH/c1-3-5-7-8-9-10-11-12-13-14-15-16-17-18-19-20-22(23)24-21-6-4-2;;;;;/h3-21H2,1-2H3;5*1H. The number of rotatable bonds is 19. The van der Waals surface area contributed by atoms with Crippen LogP contribution in [0.1, 0.15) is 129 Å². The van der Waals surface area contributed by atoms with Crippen LogP contribution in [0.2, 0.25) is 0 Å². The van der Waals surface area contributed by atoms with Crippen LogP contribution in [-0.4, -0.2) is 12.6 Å². The smallest absolute Gasteiger partial charge is 0.305 e. The zero-order chi connectivity index (χ0) is 17.7. The van der Waals surface area contributed by atoms with Crippen LogP contribution in [0.5, 0.6) is 0 Å². The number of halogens is 5. The zero-order valence-electron chi connectivity index (χ0n) is 18.8. The van der Waals surface area contributed by atoms with Crippen molar-refractivity contribution in [3.05, 3.63) is 0 Å². The lowest BCUT2D eigenvalue weighted by atomic mass is 10.0. The molecule has 0 unspecified atom stereocenters. The number of esters is 1. The van der Waals surface area contributed by atoms with Gasteiger partial charge in [0, 0.05) is 6.42 Å². The van der Waals surface area contributed by atoms with Gasteiger partial charge < -0.3 is 4.74 Å². The van der Waals surface area contributed by atoms with Crippen LogP contribution in [0.25, 0.3) is 0 Å². The molecule has 0 aliphatic carbocycles. The van der Waals surface area contributed by atoms with Gasteiger partial charge in [-0.2, -0.15) is 0 Å². The van der Waals surface area contributed by atoms with Crippen molar-refractivity contribution in [3.63, 3.8) is 0 Å². The minimum absolute atomic E-state index is 0. The summed E-state index contributed by atoms with van der Waals surface area (Å²) in [4.78, 5) is 11.4. The van der Waals surface area contributed by atoms with Gasteiger partial charge in [-0.1, -0.05) is 110 Å². The summed E-state index contributed by atoms with van der Waals surface area (Å²) < 4.78 is 5.16.